The number of hydrogen-bond acceptors (Lipinski definition) is 2. The third-order valence-electron chi connectivity index (χ3n) is 2.26. The molecule has 1 rings (SSSR count). The van der Waals surface area contributed by atoms with E-state index >= 15 is 0 Å². The topological polar surface area (TPSA) is 35.2 Å². The van der Waals surface area contributed by atoms with Crippen molar-refractivity contribution >= 4 is 0 Å². The van der Waals surface area contributed by atoms with E-state index in [4.69, 9.17) is 10.5 Å². The van der Waals surface area contributed by atoms with Crippen LogP contribution in [-0.4, -0.2) is 13.2 Å². The van der Waals surface area contributed by atoms with E-state index < -0.39 is 0 Å². The number of halogens is 1. The zero-order valence-corrected chi connectivity index (χ0v) is 9.42. The molecule has 0 bridgehead atoms. The number of allylic oxidation sites excluding steroid dienone is 1. The van der Waals surface area contributed by atoms with Gasteiger partial charge in [-0.1, -0.05) is 18.2 Å². The number of unbranched alkanes of at least 4 members (excludes halogenated alkanes) is 1. The predicted octanol–water partition coefficient (Wildman–Crippen LogP) is 2.67. The van der Waals surface area contributed by atoms with Crippen molar-refractivity contribution in [2.24, 2.45) is 5.73 Å². The van der Waals surface area contributed by atoms with Gasteiger partial charge in [0.05, 0.1) is 6.61 Å². The Bertz CT molecular complexity index is 339. The number of rotatable bonds is 7. The average molecular weight is 223 g/mol. The molecule has 3 heteroatoms. The Labute approximate surface area is 95.9 Å². The van der Waals surface area contributed by atoms with Gasteiger partial charge >= 0.3 is 0 Å². The van der Waals surface area contributed by atoms with Gasteiger partial charge in [0.25, 0.3) is 0 Å². The van der Waals surface area contributed by atoms with Crippen LogP contribution in [0.3, 0.4) is 0 Å². The van der Waals surface area contributed by atoms with Gasteiger partial charge in [-0.15, -0.1) is 6.58 Å². The number of nitrogens with two attached hydrogens (primary N) is 1. The number of hydrogen-bond donors (Lipinski definition) is 1. The summed E-state index contributed by atoms with van der Waals surface area (Å²) in [6, 6.07) is 4.93. The highest BCUT2D eigenvalue weighted by atomic mass is 19.1. The highest BCUT2D eigenvalue weighted by molar-refractivity contribution is 5.35. The summed E-state index contributed by atoms with van der Waals surface area (Å²) in [6.45, 7) is 4.62. The van der Waals surface area contributed by atoms with Crippen LogP contribution in [0.15, 0.2) is 30.9 Å². The Morgan fingerprint density at radius 2 is 2.25 bits per heavy atom. The fourth-order valence-electron chi connectivity index (χ4n) is 1.47. The summed E-state index contributed by atoms with van der Waals surface area (Å²) >= 11 is 0. The highest BCUT2D eigenvalue weighted by Crippen LogP contribution is 2.23. The Kier molecular flexibility index (Phi) is 5.57. The van der Waals surface area contributed by atoms with Crippen molar-refractivity contribution in [1.29, 1.82) is 0 Å². The fraction of sp³-hybridized carbons (Fsp3) is 0.385. The van der Waals surface area contributed by atoms with Crippen LogP contribution in [0.25, 0.3) is 0 Å². The monoisotopic (exact) mass is 223 g/mol. The molecule has 2 nitrogen and oxygen atoms in total. The number of ether oxygens (including phenoxy) is 1. The summed E-state index contributed by atoms with van der Waals surface area (Å²) in [5.74, 6) is 0.0292. The van der Waals surface area contributed by atoms with Crippen LogP contribution >= 0.6 is 0 Å². The van der Waals surface area contributed by atoms with E-state index in [-0.39, 0.29) is 5.82 Å². The van der Waals surface area contributed by atoms with Gasteiger partial charge in [-0.2, -0.15) is 0 Å². The third kappa shape index (κ3) is 3.66. The summed E-state index contributed by atoms with van der Waals surface area (Å²) in [5, 5.41) is 0. The van der Waals surface area contributed by atoms with E-state index in [0.717, 1.165) is 18.4 Å². The minimum absolute atomic E-state index is 0.315. The number of para-hydroxylation sites is 1. The van der Waals surface area contributed by atoms with Crippen LogP contribution in [0.5, 0.6) is 5.75 Å². The van der Waals surface area contributed by atoms with Crippen LogP contribution in [0, 0.1) is 5.82 Å². The third-order valence-corrected chi connectivity index (χ3v) is 2.26. The zero-order chi connectivity index (χ0) is 11.8. The van der Waals surface area contributed by atoms with E-state index in [9.17, 15) is 4.39 Å². The maximum absolute atomic E-state index is 13.5. The molecule has 0 radical (unpaired) electrons. The molecule has 16 heavy (non-hydrogen) atoms. The summed E-state index contributed by atoms with van der Waals surface area (Å²) in [4.78, 5) is 0. The summed E-state index contributed by atoms with van der Waals surface area (Å²) in [6.07, 6.45) is 4.18. The standard InChI is InChI=1S/C13H18FNO/c1-2-3-4-10-16-13-11(8-9-15)6-5-7-12(13)14/h2,5-7H,1,3-4,8-10,15H2. The van der Waals surface area contributed by atoms with Crippen LogP contribution in [0.2, 0.25) is 0 Å². The van der Waals surface area contributed by atoms with Crippen molar-refractivity contribution in [1.82, 2.24) is 0 Å². The Hall–Kier alpha value is -1.35. The quantitative estimate of drug-likeness (QED) is 0.569. The van der Waals surface area contributed by atoms with Gasteiger partial charge in [0.15, 0.2) is 11.6 Å². The molecule has 0 aromatic heterocycles. The minimum Gasteiger partial charge on any atom is -0.490 e. The lowest BCUT2D eigenvalue weighted by Gasteiger charge is -2.11. The summed E-state index contributed by atoms with van der Waals surface area (Å²) in [5.41, 5.74) is 6.30. The Morgan fingerprint density at radius 3 is 2.94 bits per heavy atom. The molecule has 0 heterocycles. The van der Waals surface area contributed by atoms with Crippen molar-refractivity contribution in [3.8, 4) is 5.75 Å². The molecule has 0 atom stereocenters. The van der Waals surface area contributed by atoms with Crippen LogP contribution in [0.4, 0.5) is 4.39 Å². The molecule has 0 aliphatic carbocycles. The SMILES string of the molecule is C=CCCCOc1c(F)cccc1CCN. The fourth-order valence-corrected chi connectivity index (χ4v) is 1.47. The molecule has 0 spiro atoms. The first-order chi connectivity index (χ1) is 7.79. The van der Waals surface area contributed by atoms with Gasteiger partial charge in [-0.3, -0.25) is 0 Å². The molecule has 1 aromatic carbocycles. The van der Waals surface area contributed by atoms with Gasteiger partial charge in [0.1, 0.15) is 0 Å². The smallest absolute Gasteiger partial charge is 0.165 e. The molecule has 1 aromatic rings. The van der Waals surface area contributed by atoms with Gasteiger partial charge < -0.3 is 10.5 Å². The number of benzene rings is 1. The molecule has 2 N–H and O–H groups in total. The molecule has 88 valence electrons. The second kappa shape index (κ2) is 7.01. The second-order valence-electron chi connectivity index (χ2n) is 3.55. The second-order valence-corrected chi connectivity index (χ2v) is 3.55. The van der Waals surface area contributed by atoms with E-state index in [1.807, 2.05) is 12.1 Å². The lowest BCUT2D eigenvalue weighted by molar-refractivity contribution is 0.293. The van der Waals surface area contributed by atoms with E-state index in [1.165, 1.54) is 6.07 Å². The maximum Gasteiger partial charge on any atom is 0.165 e. The molecular formula is C13H18FNO. The van der Waals surface area contributed by atoms with Gasteiger partial charge in [-0.25, -0.2) is 4.39 Å². The average Bonchev–Trinajstić information content (AvgIpc) is 2.28. The Morgan fingerprint density at radius 1 is 1.44 bits per heavy atom. The van der Waals surface area contributed by atoms with Gasteiger partial charge in [0.2, 0.25) is 0 Å². The summed E-state index contributed by atoms with van der Waals surface area (Å²) < 4.78 is 18.9. The molecule has 0 saturated heterocycles. The zero-order valence-electron chi connectivity index (χ0n) is 9.42. The van der Waals surface area contributed by atoms with Crippen molar-refractivity contribution in [2.75, 3.05) is 13.2 Å². The lowest BCUT2D eigenvalue weighted by Crippen LogP contribution is -2.07. The van der Waals surface area contributed by atoms with E-state index in [0.29, 0.717) is 25.3 Å². The first-order valence-corrected chi connectivity index (χ1v) is 5.50. The largest absolute Gasteiger partial charge is 0.490 e. The molecule has 0 saturated carbocycles. The van der Waals surface area contributed by atoms with E-state index in [2.05, 4.69) is 6.58 Å². The molecule has 0 unspecified atom stereocenters. The molecule has 0 fully saturated rings. The molecule has 0 aliphatic rings. The van der Waals surface area contributed by atoms with Crippen molar-refractivity contribution in [3.05, 3.63) is 42.2 Å². The first kappa shape index (κ1) is 12.7. The Balaban J connectivity index is 2.64. The normalized spacial score (nSPS) is 10.1. The van der Waals surface area contributed by atoms with Crippen LogP contribution in [-0.2, 0) is 6.42 Å². The van der Waals surface area contributed by atoms with Gasteiger partial charge in [0, 0.05) is 0 Å². The van der Waals surface area contributed by atoms with Crippen LogP contribution in [0.1, 0.15) is 18.4 Å². The molecule has 0 amide bonds. The van der Waals surface area contributed by atoms with Crippen molar-refractivity contribution in [3.63, 3.8) is 0 Å². The minimum atomic E-state index is -0.315. The van der Waals surface area contributed by atoms with Gasteiger partial charge in [-0.05, 0) is 37.4 Å². The highest BCUT2D eigenvalue weighted by Gasteiger charge is 2.08. The molecule has 0 aliphatic heterocycles. The van der Waals surface area contributed by atoms with Crippen molar-refractivity contribution < 1.29 is 9.13 Å². The predicted molar refractivity (Wildman–Crippen MR) is 64.1 cm³/mol. The van der Waals surface area contributed by atoms with E-state index in [1.54, 1.807) is 6.07 Å². The molecular weight excluding hydrogens is 205 g/mol. The van der Waals surface area contributed by atoms with Crippen LogP contribution < -0.4 is 10.5 Å². The summed E-state index contributed by atoms with van der Waals surface area (Å²) in [7, 11) is 0. The first-order valence-electron chi connectivity index (χ1n) is 5.50. The van der Waals surface area contributed by atoms with Crippen molar-refractivity contribution in [2.45, 2.75) is 19.3 Å². The maximum atomic E-state index is 13.5. The lowest BCUT2D eigenvalue weighted by atomic mass is 10.1.